The molecular formula is C11H6N2O2. The topological polar surface area (TPSA) is 63.1 Å². The zero-order valence-corrected chi connectivity index (χ0v) is 7.64. The van der Waals surface area contributed by atoms with Gasteiger partial charge >= 0.3 is 0 Å². The Labute approximate surface area is 83.8 Å². The standard InChI is InChI=1S/C11H6N2O2/c14-5-6-1-2-7-9-8(13-11(7)15)3-4-12-10(6)9/h1-5,14H. The number of aliphatic hydroxyl groups is 1. The van der Waals surface area contributed by atoms with E-state index in [1.165, 1.54) is 0 Å². The molecule has 0 aliphatic rings. The molecule has 0 aliphatic heterocycles. The van der Waals surface area contributed by atoms with Crippen molar-refractivity contribution >= 4 is 28.1 Å². The monoisotopic (exact) mass is 198 g/mol. The van der Waals surface area contributed by atoms with Crippen LogP contribution < -0.4 is 10.8 Å². The summed E-state index contributed by atoms with van der Waals surface area (Å²) >= 11 is 0. The maximum atomic E-state index is 11.5. The molecule has 0 unspecified atom stereocenters. The highest BCUT2D eigenvalue weighted by Gasteiger charge is 2.10. The molecule has 1 aromatic carbocycles. The zero-order chi connectivity index (χ0) is 10.4. The van der Waals surface area contributed by atoms with Crippen LogP contribution in [-0.4, -0.2) is 15.1 Å². The van der Waals surface area contributed by atoms with Gasteiger partial charge in [-0.25, -0.2) is 4.98 Å². The molecule has 0 fully saturated rings. The van der Waals surface area contributed by atoms with Gasteiger partial charge in [0.2, 0.25) is 0 Å². The minimum absolute atomic E-state index is 0.243. The Morgan fingerprint density at radius 3 is 2.93 bits per heavy atom. The molecule has 0 saturated heterocycles. The Morgan fingerprint density at radius 2 is 2.13 bits per heavy atom. The summed E-state index contributed by atoms with van der Waals surface area (Å²) in [5.74, 6) is 0. The molecular weight excluding hydrogens is 192 g/mol. The Kier molecular flexibility index (Phi) is 1.42. The van der Waals surface area contributed by atoms with Gasteiger partial charge in [-0.3, -0.25) is 9.78 Å². The lowest BCUT2D eigenvalue weighted by molar-refractivity contribution is 0.541. The van der Waals surface area contributed by atoms with Gasteiger partial charge in [-0.15, -0.1) is 0 Å². The average molecular weight is 198 g/mol. The van der Waals surface area contributed by atoms with E-state index >= 15 is 0 Å². The van der Waals surface area contributed by atoms with Crippen LogP contribution in [0.1, 0.15) is 0 Å². The van der Waals surface area contributed by atoms with Gasteiger partial charge in [-0.2, -0.15) is 0 Å². The second-order valence-electron chi connectivity index (χ2n) is 3.30. The zero-order valence-electron chi connectivity index (χ0n) is 7.64. The molecule has 0 bridgehead atoms. The van der Waals surface area contributed by atoms with E-state index in [1.807, 2.05) is 0 Å². The normalized spacial score (nSPS) is 12.9. The lowest BCUT2D eigenvalue weighted by Crippen LogP contribution is -2.04. The predicted molar refractivity (Wildman–Crippen MR) is 56.8 cm³/mol. The molecule has 0 atom stereocenters. The maximum absolute atomic E-state index is 11.5. The van der Waals surface area contributed by atoms with Crippen molar-refractivity contribution < 1.29 is 5.11 Å². The highest BCUT2D eigenvalue weighted by atomic mass is 16.2. The Balaban J connectivity index is 2.80. The molecule has 4 heteroatoms. The van der Waals surface area contributed by atoms with E-state index in [0.717, 1.165) is 11.6 Å². The van der Waals surface area contributed by atoms with Crippen molar-refractivity contribution in [2.45, 2.75) is 0 Å². The van der Waals surface area contributed by atoms with Gasteiger partial charge < -0.3 is 5.11 Å². The van der Waals surface area contributed by atoms with Gasteiger partial charge in [-0.1, -0.05) is 0 Å². The quantitative estimate of drug-likeness (QED) is 0.574. The van der Waals surface area contributed by atoms with Crippen LogP contribution in [0.25, 0.3) is 28.1 Å². The van der Waals surface area contributed by atoms with Gasteiger partial charge in [0.15, 0.2) is 0 Å². The van der Waals surface area contributed by atoms with E-state index in [9.17, 15) is 4.79 Å². The molecule has 72 valence electrons. The van der Waals surface area contributed by atoms with Gasteiger partial charge in [0.25, 0.3) is 5.56 Å². The summed E-state index contributed by atoms with van der Waals surface area (Å²) in [6.07, 6.45) is 2.56. The molecule has 3 aromatic rings. The van der Waals surface area contributed by atoms with Crippen LogP contribution in [0.3, 0.4) is 0 Å². The average Bonchev–Trinajstić information content (AvgIpc) is 2.58. The molecule has 3 rings (SSSR count). The summed E-state index contributed by atoms with van der Waals surface area (Å²) in [7, 11) is 0. The predicted octanol–water partition coefficient (Wildman–Crippen LogP) is 0.596. The number of nitrogens with zero attached hydrogens (tertiary/aromatic N) is 2. The van der Waals surface area contributed by atoms with E-state index in [-0.39, 0.29) is 5.56 Å². The number of rotatable bonds is 0. The highest BCUT2D eigenvalue weighted by molar-refractivity contribution is 6.07. The number of hydrogen-bond donors (Lipinski definition) is 1. The van der Waals surface area contributed by atoms with Crippen molar-refractivity contribution in [3.63, 3.8) is 0 Å². The second kappa shape index (κ2) is 2.63. The molecule has 0 spiro atoms. The van der Waals surface area contributed by atoms with Crippen molar-refractivity contribution in [3.05, 3.63) is 40.0 Å². The third-order valence-electron chi connectivity index (χ3n) is 2.49. The maximum Gasteiger partial charge on any atom is 0.278 e. The fourth-order valence-corrected chi connectivity index (χ4v) is 1.82. The Morgan fingerprint density at radius 1 is 1.27 bits per heavy atom. The van der Waals surface area contributed by atoms with Crippen LogP contribution in [0.4, 0.5) is 0 Å². The second-order valence-corrected chi connectivity index (χ2v) is 3.30. The summed E-state index contributed by atoms with van der Waals surface area (Å²) in [4.78, 5) is 19.5. The van der Waals surface area contributed by atoms with Crippen molar-refractivity contribution in [1.82, 2.24) is 9.97 Å². The van der Waals surface area contributed by atoms with Crippen molar-refractivity contribution in [3.8, 4) is 0 Å². The lowest BCUT2D eigenvalue weighted by atomic mass is 10.1. The van der Waals surface area contributed by atoms with Crippen LogP contribution in [0.2, 0.25) is 0 Å². The molecule has 4 nitrogen and oxygen atoms in total. The van der Waals surface area contributed by atoms with Crippen molar-refractivity contribution in [2.24, 2.45) is 0 Å². The van der Waals surface area contributed by atoms with E-state index < -0.39 is 0 Å². The van der Waals surface area contributed by atoms with E-state index in [2.05, 4.69) is 9.97 Å². The SMILES string of the molecule is O=c1nc2ccnc3c(=CO)ccc1c23. The van der Waals surface area contributed by atoms with Crippen LogP contribution >= 0.6 is 0 Å². The van der Waals surface area contributed by atoms with Crippen LogP contribution in [0.5, 0.6) is 0 Å². The third kappa shape index (κ3) is 0.929. The lowest BCUT2D eigenvalue weighted by Gasteiger charge is -1.95. The minimum atomic E-state index is -0.243. The largest absolute Gasteiger partial charge is 0.515 e. The fourth-order valence-electron chi connectivity index (χ4n) is 1.82. The number of hydrogen-bond acceptors (Lipinski definition) is 4. The molecule has 2 aromatic heterocycles. The van der Waals surface area contributed by atoms with Gasteiger partial charge in [-0.05, 0) is 18.2 Å². The summed E-state index contributed by atoms with van der Waals surface area (Å²) in [6.45, 7) is 0. The molecule has 15 heavy (non-hydrogen) atoms. The first-order valence-corrected chi connectivity index (χ1v) is 4.46. The fraction of sp³-hybridized carbons (Fsp3) is 0. The van der Waals surface area contributed by atoms with E-state index in [0.29, 0.717) is 21.6 Å². The smallest absolute Gasteiger partial charge is 0.278 e. The van der Waals surface area contributed by atoms with Crippen LogP contribution in [-0.2, 0) is 0 Å². The van der Waals surface area contributed by atoms with Gasteiger partial charge in [0, 0.05) is 16.8 Å². The van der Waals surface area contributed by atoms with Crippen molar-refractivity contribution in [1.29, 1.82) is 0 Å². The molecule has 0 saturated carbocycles. The molecule has 1 N–H and O–H groups in total. The van der Waals surface area contributed by atoms with Gasteiger partial charge in [0.05, 0.1) is 22.7 Å². The number of aromatic nitrogens is 2. The summed E-state index contributed by atoms with van der Waals surface area (Å²) < 4.78 is 0. The third-order valence-corrected chi connectivity index (χ3v) is 2.49. The Hall–Kier alpha value is -2.23. The van der Waals surface area contributed by atoms with Crippen molar-refractivity contribution in [2.75, 3.05) is 0 Å². The summed E-state index contributed by atoms with van der Waals surface area (Å²) in [5.41, 5.74) is 0.998. The molecule has 0 amide bonds. The molecule has 0 aliphatic carbocycles. The first-order chi connectivity index (χ1) is 7.31. The van der Waals surface area contributed by atoms with E-state index in [1.54, 1.807) is 24.4 Å². The minimum Gasteiger partial charge on any atom is -0.515 e. The Bertz CT molecular complexity index is 752. The number of pyridine rings is 1. The molecule has 0 radical (unpaired) electrons. The number of aliphatic hydroxyl groups excluding tert-OH is 1. The van der Waals surface area contributed by atoms with Crippen LogP contribution in [0.15, 0.2) is 29.2 Å². The number of benzene rings is 1. The first-order valence-electron chi connectivity index (χ1n) is 4.46. The summed E-state index contributed by atoms with van der Waals surface area (Å²) in [6, 6.07) is 5.01. The highest BCUT2D eigenvalue weighted by Crippen LogP contribution is 2.18. The van der Waals surface area contributed by atoms with E-state index in [4.69, 9.17) is 5.11 Å². The molecule has 2 heterocycles. The van der Waals surface area contributed by atoms with Gasteiger partial charge in [0.1, 0.15) is 0 Å². The summed E-state index contributed by atoms with van der Waals surface area (Å²) in [5, 5.41) is 10.9. The van der Waals surface area contributed by atoms with Crippen LogP contribution in [0, 0.1) is 0 Å². The first kappa shape index (κ1) is 8.11.